The van der Waals surface area contributed by atoms with E-state index in [2.05, 4.69) is 29.3 Å². The Hall–Kier alpha value is -2.83. The summed E-state index contributed by atoms with van der Waals surface area (Å²) in [5.41, 5.74) is 11.7. The third-order valence-corrected chi connectivity index (χ3v) is 2.26. The van der Waals surface area contributed by atoms with Gasteiger partial charge in [0.2, 0.25) is 0 Å². The molecule has 0 radical (unpaired) electrons. The van der Waals surface area contributed by atoms with Crippen molar-refractivity contribution in [3.05, 3.63) is 52.9 Å². The molecular weight excluding hydrogens is 248 g/mol. The first kappa shape index (κ1) is 14.2. The number of rotatable bonds is 2. The molecule has 6 N–H and O–H groups in total. The second-order valence-electron chi connectivity index (χ2n) is 3.68. The second-order valence-corrected chi connectivity index (χ2v) is 3.68. The van der Waals surface area contributed by atoms with Crippen LogP contribution in [0.1, 0.15) is 5.56 Å². The topological polar surface area (TPSA) is 125 Å². The molecule has 0 unspecified atom stereocenters. The maximum Gasteiger partial charge on any atom is 0.472 e. The van der Waals surface area contributed by atoms with Crippen LogP contribution in [0.15, 0.2) is 47.5 Å². The van der Waals surface area contributed by atoms with Gasteiger partial charge in [0.25, 0.3) is 0 Å². The molecule has 0 saturated heterocycles. The van der Waals surface area contributed by atoms with Crippen molar-refractivity contribution in [2.75, 3.05) is 0 Å². The van der Waals surface area contributed by atoms with E-state index in [4.69, 9.17) is 26.8 Å². The van der Waals surface area contributed by atoms with E-state index in [1.165, 1.54) is 10.8 Å². The van der Waals surface area contributed by atoms with Crippen molar-refractivity contribution in [1.29, 1.82) is 0 Å². The summed E-state index contributed by atoms with van der Waals surface area (Å²) in [5, 5.41) is 15.0. The van der Waals surface area contributed by atoms with Crippen LogP contribution in [0, 0.1) is 4.91 Å². The van der Waals surface area contributed by atoms with Gasteiger partial charge >= 0.3 is 5.09 Å². The first-order chi connectivity index (χ1) is 8.99. The monoisotopic (exact) mass is 263 g/mol. The maximum absolute atomic E-state index is 8.47. The summed E-state index contributed by atoms with van der Waals surface area (Å²) in [6.45, 7) is 0.535. The van der Waals surface area contributed by atoms with Gasteiger partial charge in [-0.25, -0.2) is 15.4 Å². The van der Waals surface area contributed by atoms with Crippen molar-refractivity contribution >= 4 is 16.7 Å². The van der Waals surface area contributed by atoms with Crippen molar-refractivity contribution < 1.29 is 15.5 Å². The van der Waals surface area contributed by atoms with Crippen LogP contribution < -0.4 is 11.5 Å². The fourth-order valence-electron chi connectivity index (χ4n) is 1.52. The molecule has 0 aliphatic heterocycles. The van der Waals surface area contributed by atoms with Gasteiger partial charge in [-0.3, -0.25) is 0 Å². The molecule has 2 aromatic rings. The molecule has 2 rings (SSSR count). The van der Waals surface area contributed by atoms with Crippen LogP contribution in [0.2, 0.25) is 0 Å². The van der Waals surface area contributed by atoms with Crippen LogP contribution in [0.5, 0.6) is 0 Å². The normalized spacial score (nSPS) is 9.26. The second kappa shape index (κ2) is 6.80. The molecule has 0 heterocycles. The quantitative estimate of drug-likeness (QED) is 0.367. The Morgan fingerprint density at radius 1 is 1.11 bits per heavy atom. The molecular formula is C12H15N4O3+. The Bertz CT molecular complexity index is 590. The molecule has 0 atom stereocenters. The fraction of sp³-hybridized carbons (Fsp3) is 0.0833. The Balaban J connectivity index is 0.000000399. The molecule has 7 heteroatoms. The van der Waals surface area contributed by atoms with Gasteiger partial charge in [0.05, 0.1) is 6.54 Å². The van der Waals surface area contributed by atoms with Crippen LogP contribution in [0.25, 0.3) is 10.8 Å². The standard InChI is InChI=1S/C12H13N3.H2NO3/c13-12(14)15-8-9-5-6-10-3-1-2-4-11(10)7-9;2-1(3)4/h1-7H,8H2,(H4,13,14,15);(H2,2,3,4)/q;+1. The van der Waals surface area contributed by atoms with E-state index in [0.717, 1.165) is 5.56 Å². The summed E-state index contributed by atoms with van der Waals surface area (Å²) in [6, 6.07) is 14.4. The summed E-state index contributed by atoms with van der Waals surface area (Å²) in [5.74, 6) is 0.128. The molecule has 0 aliphatic carbocycles. The number of fused-ring (bicyclic) bond motifs is 1. The van der Waals surface area contributed by atoms with Crippen LogP contribution in [0.4, 0.5) is 0 Å². The Kier molecular flexibility index (Phi) is 5.09. The summed E-state index contributed by atoms with van der Waals surface area (Å²) in [4.78, 5) is 12.4. The lowest BCUT2D eigenvalue weighted by Gasteiger charge is -2.00. The largest absolute Gasteiger partial charge is 0.472 e. The van der Waals surface area contributed by atoms with E-state index < -0.39 is 5.09 Å². The van der Waals surface area contributed by atoms with Crippen LogP contribution >= 0.6 is 0 Å². The number of hydrogen-bond donors (Lipinski definition) is 4. The number of guanidine groups is 1. The first-order valence-electron chi connectivity index (χ1n) is 5.37. The van der Waals surface area contributed by atoms with Gasteiger partial charge in [0, 0.05) is 0 Å². The van der Waals surface area contributed by atoms with Gasteiger partial charge in [-0.2, -0.15) is 0 Å². The highest BCUT2D eigenvalue weighted by molar-refractivity contribution is 5.83. The van der Waals surface area contributed by atoms with Gasteiger partial charge in [0.1, 0.15) is 4.91 Å². The lowest BCUT2D eigenvalue weighted by molar-refractivity contribution is -0.969. The van der Waals surface area contributed by atoms with Crippen LogP contribution in [-0.4, -0.2) is 21.5 Å². The summed E-state index contributed by atoms with van der Waals surface area (Å²) < 4.78 is 0. The smallest absolute Gasteiger partial charge is 0.370 e. The van der Waals surface area contributed by atoms with Gasteiger partial charge in [-0.15, -0.1) is 0 Å². The van der Waals surface area contributed by atoms with Gasteiger partial charge in [-0.1, -0.05) is 36.4 Å². The highest BCUT2D eigenvalue weighted by Gasteiger charge is 1.94. The summed E-state index contributed by atoms with van der Waals surface area (Å²) in [7, 11) is 0. The summed E-state index contributed by atoms with van der Waals surface area (Å²) >= 11 is 0. The molecule has 0 aliphatic rings. The van der Waals surface area contributed by atoms with E-state index in [1.54, 1.807) is 0 Å². The van der Waals surface area contributed by atoms with Crippen molar-refractivity contribution in [3.63, 3.8) is 0 Å². The highest BCUT2D eigenvalue weighted by atomic mass is 16.9. The SMILES string of the molecule is NC(N)=NCc1ccc2ccccc2c1.O=[N+](O)O. The molecule has 0 aromatic heterocycles. The Morgan fingerprint density at radius 2 is 1.68 bits per heavy atom. The molecule has 19 heavy (non-hydrogen) atoms. The average Bonchev–Trinajstić information content (AvgIpc) is 2.35. The third-order valence-electron chi connectivity index (χ3n) is 2.26. The van der Waals surface area contributed by atoms with Gasteiger partial charge < -0.3 is 11.5 Å². The van der Waals surface area contributed by atoms with E-state index in [1.807, 2.05) is 18.2 Å². The number of aliphatic imine (C=N–C) groups is 1. The molecule has 7 nitrogen and oxygen atoms in total. The number of nitrogens with two attached hydrogens (primary N) is 2. The van der Waals surface area contributed by atoms with Crippen LogP contribution in [0.3, 0.4) is 0 Å². The minimum absolute atomic E-state index is 0.128. The fourth-order valence-corrected chi connectivity index (χ4v) is 1.52. The van der Waals surface area contributed by atoms with Gasteiger partial charge in [-0.05, 0) is 22.4 Å². The molecule has 0 fully saturated rings. The summed E-state index contributed by atoms with van der Waals surface area (Å²) in [6.07, 6.45) is 0. The lowest BCUT2D eigenvalue weighted by atomic mass is 10.1. The lowest BCUT2D eigenvalue weighted by Crippen LogP contribution is -2.22. The van der Waals surface area contributed by atoms with E-state index >= 15 is 0 Å². The van der Waals surface area contributed by atoms with E-state index in [0.29, 0.717) is 6.54 Å². The van der Waals surface area contributed by atoms with Crippen molar-refractivity contribution in [2.45, 2.75) is 6.54 Å². The Morgan fingerprint density at radius 3 is 2.26 bits per heavy atom. The predicted molar refractivity (Wildman–Crippen MR) is 70.7 cm³/mol. The number of hydrogen-bond acceptors (Lipinski definition) is 2. The van der Waals surface area contributed by atoms with Crippen molar-refractivity contribution in [3.8, 4) is 0 Å². The minimum Gasteiger partial charge on any atom is -0.370 e. The van der Waals surface area contributed by atoms with Crippen molar-refractivity contribution in [2.24, 2.45) is 16.5 Å². The number of benzene rings is 2. The maximum atomic E-state index is 8.47. The molecule has 0 amide bonds. The van der Waals surface area contributed by atoms with Crippen molar-refractivity contribution in [1.82, 2.24) is 0 Å². The molecule has 2 aromatic carbocycles. The van der Waals surface area contributed by atoms with E-state index in [-0.39, 0.29) is 5.96 Å². The first-order valence-corrected chi connectivity index (χ1v) is 5.37. The Labute approximate surface area is 109 Å². The van der Waals surface area contributed by atoms with E-state index in [9.17, 15) is 0 Å². The van der Waals surface area contributed by atoms with Gasteiger partial charge in [0.15, 0.2) is 5.96 Å². The minimum atomic E-state index is -1.25. The zero-order chi connectivity index (χ0) is 14.3. The zero-order valence-corrected chi connectivity index (χ0v) is 10.1. The molecule has 0 spiro atoms. The molecule has 0 bridgehead atoms. The third kappa shape index (κ3) is 5.35. The molecule has 100 valence electrons. The molecule has 0 saturated carbocycles. The highest BCUT2D eigenvalue weighted by Crippen LogP contribution is 2.15. The zero-order valence-electron chi connectivity index (χ0n) is 10.1. The number of nitrogens with zero attached hydrogens (tertiary/aromatic N) is 2. The average molecular weight is 263 g/mol. The van der Waals surface area contributed by atoms with Crippen LogP contribution in [-0.2, 0) is 6.54 Å². The predicted octanol–water partition coefficient (Wildman–Crippen LogP) is 1.16.